The van der Waals surface area contributed by atoms with Crippen LogP contribution < -0.4 is 20.3 Å². The average molecular weight is 520 g/mol. The van der Waals surface area contributed by atoms with Gasteiger partial charge in [0.25, 0.3) is 0 Å². The topological polar surface area (TPSA) is 48.9 Å². The summed E-state index contributed by atoms with van der Waals surface area (Å²) in [4.78, 5) is 6.70. The summed E-state index contributed by atoms with van der Waals surface area (Å²) >= 11 is 0. The van der Waals surface area contributed by atoms with E-state index in [1.165, 1.54) is 16.8 Å². The van der Waals surface area contributed by atoms with Crippen molar-refractivity contribution in [3.05, 3.63) is 71.8 Å². The second-order valence-electron chi connectivity index (χ2n) is 7.20. The summed E-state index contributed by atoms with van der Waals surface area (Å²) in [6.07, 6.45) is 7.75. The van der Waals surface area contributed by atoms with Crippen molar-refractivity contribution in [2.24, 2.45) is 4.99 Å². The highest BCUT2D eigenvalue weighted by atomic mass is 127. The molecule has 0 atom stereocenters. The number of nitrogens with zero attached hydrogens (tertiary/aromatic N) is 2. The summed E-state index contributed by atoms with van der Waals surface area (Å²) in [6.45, 7) is 3.67. The van der Waals surface area contributed by atoms with Crippen LogP contribution in [0.2, 0.25) is 0 Å². The zero-order chi connectivity index (χ0) is 20.3. The van der Waals surface area contributed by atoms with Gasteiger partial charge < -0.3 is 20.3 Å². The van der Waals surface area contributed by atoms with Gasteiger partial charge in [0, 0.05) is 38.9 Å². The fourth-order valence-corrected chi connectivity index (χ4v) is 3.41. The van der Waals surface area contributed by atoms with Gasteiger partial charge in [0.2, 0.25) is 0 Å². The Morgan fingerprint density at radius 3 is 2.47 bits per heavy atom. The van der Waals surface area contributed by atoms with Crippen LogP contribution >= 0.6 is 24.0 Å². The van der Waals surface area contributed by atoms with Crippen LogP contribution in [0.25, 0.3) is 0 Å². The Labute approximate surface area is 197 Å². The van der Waals surface area contributed by atoms with Crippen molar-refractivity contribution in [2.75, 3.05) is 38.7 Å². The smallest absolute Gasteiger partial charge is 0.191 e. The Morgan fingerprint density at radius 1 is 1.00 bits per heavy atom. The van der Waals surface area contributed by atoms with Crippen molar-refractivity contribution in [3.8, 4) is 5.75 Å². The summed E-state index contributed by atoms with van der Waals surface area (Å²) < 4.78 is 5.20. The first-order valence-corrected chi connectivity index (χ1v) is 10.3. The SMILES string of the molecule is CN=C(NCCCCc1ccc(OC)cc1)NCc1cccc(N2CC=CC2)c1.I. The molecule has 1 aliphatic heterocycles. The van der Waals surface area contributed by atoms with Gasteiger partial charge in [-0.2, -0.15) is 0 Å². The van der Waals surface area contributed by atoms with E-state index in [2.05, 4.69) is 69.1 Å². The van der Waals surface area contributed by atoms with E-state index in [0.717, 1.165) is 57.2 Å². The van der Waals surface area contributed by atoms with Crippen molar-refractivity contribution in [1.29, 1.82) is 0 Å². The van der Waals surface area contributed by atoms with E-state index >= 15 is 0 Å². The van der Waals surface area contributed by atoms with Gasteiger partial charge >= 0.3 is 0 Å². The third kappa shape index (κ3) is 7.55. The number of aliphatic imine (C=N–C) groups is 1. The van der Waals surface area contributed by atoms with Crippen molar-refractivity contribution < 1.29 is 4.74 Å². The molecule has 0 aliphatic carbocycles. The second-order valence-corrected chi connectivity index (χ2v) is 7.20. The maximum atomic E-state index is 5.20. The summed E-state index contributed by atoms with van der Waals surface area (Å²) in [6, 6.07) is 17.0. The van der Waals surface area contributed by atoms with Gasteiger partial charge in [0.1, 0.15) is 5.75 Å². The lowest BCUT2D eigenvalue weighted by molar-refractivity contribution is 0.414. The maximum Gasteiger partial charge on any atom is 0.191 e. The number of guanidine groups is 1. The number of anilines is 1. The molecule has 3 rings (SSSR count). The predicted molar refractivity (Wildman–Crippen MR) is 137 cm³/mol. The van der Waals surface area contributed by atoms with Gasteiger partial charge in [-0.05, 0) is 54.7 Å². The normalized spacial score (nSPS) is 13.1. The molecule has 162 valence electrons. The van der Waals surface area contributed by atoms with Gasteiger partial charge in [-0.15, -0.1) is 24.0 Å². The fourth-order valence-electron chi connectivity index (χ4n) is 3.41. The van der Waals surface area contributed by atoms with Crippen molar-refractivity contribution >= 4 is 35.6 Å². The maximum absolute atomic E-state index is 5.20. The Kier molecular flexibility index (Phi) is 10.5. The lowest BCUT2D eigenvalue weighted by Crippen LogP contribution is -2.37. The first kappa shape index (κ1) is 24.1. The molecule has 0 saturated carbocycles. The molecular weight excluding hydrogens is 487 g/mol. The lowest BCUT2D eigenvalue weighted by atomic mass is 10.1. The van der Waals surface area contributed by atoms with E-state index in [1.54, 1.807) is 7.11 Å². The number of methoxy groups -OCH3 is 1. The number of benzene rings is 2. The lowest BCUT2D eigenvalue weighted by Gasteiger charge is -2.19. The molecule has 0 aromatic heterocycles. The highest BCUT2D eigenvalue weighted by molar-refractivity contribution is 14.0. The van der Waals surface area contributed by atoms with Crippen LogP contribution in [0.3, 0.4) is 0 Å². The number of halogens is 1. The van der Waals surface area contributed by atoms with Gasteiger partial charge in [0.05, 0.1) is 7.11 Å². The molecule has 6 heteroatoms. The zero-order valence-electron chi connectivity index (χ0n) is 17.9. The van der Waals surface area contributed by atoms with Crippen molar-refractivity contribution in [2.45, 2.75) is 25.8 Å². The minimum absolute atomic E-state index is 0. The zero-order valence-corrected chi connectivity index (χ0v) is 20.3. The minimum atomic E-state index is 0. The molecule has 0 spiro atoms. The van der Waals surface area contributed by atoms with E-state index in [9.17, 15) is 0 Å². The van der Waals surface area contributed by atoms with E-state index in [-0.39, 0.29) is 24.0 Å². The minimum Gasteiger partial charge on any atom is -0.497 e. The first-order chi connectivity index (χ1) is 14.3. The van der Waals surface area contributed by atoms with E-state index in [4.69, 9.17) is 4.74 Å². The number of hydrogen-bond donors (Lipinski definition) is 2. The second kappa shape index (κ2) is 13.2. The molecule has 0 bridgehead atoms. The molecule has 30 heavy (non-hydrogen) atoms. The molecule has 0 unspecified atom stereocenters. The average Bonchev–Trinajstić information content (AvgIpc) is 3.31. The molecular formula is C24H33IN4O. The molecule has 0 saturated heterocycles. The Balaban J connectivity index is 0.00000320. The van der Waals surface area contributed by atoms with Crippen LogP contribution in [0.5, 0.6) is 5.75 Å². The largest absolute Gasteiger partial charge is 0.497 e. The molecule has 2 aromatic carbocycles. The molecule has 0 fully saturated rings. The Bertz CT molecular complexity index is 812. The number of ether oxygens (including phenoxy) is 1. The number of nitrogens with one attached hydrogen (secondary N) is 2. The van der Waals surface area contributed by atoms with Crippen LogP contribution in [0.1, 0.15) is 24.0 Å². The van der Waals surface area contributed by atoms with Crippen LogP contribution in [0, 0.1) is 0 Å². The van der Waals surface area contributed by atoms with Gasteiger partial charge in [0.15, 0.2) is 5.96 Å². The molecule has 5 nitrogen and oxygen atoms in total. The van der Waals surface area contributed by atoms with Gasteiger partial charge in [-0.1, -0.05) is 36.4 Å². The third-order valence-electron chi connectivity index (χ3n) is 5.12. The number of hydrogen-bond acceptors (Lipinski definition) is 3. The van der Waals surface area contributed by atoms with Crippen molar-refractivity contribution in [3.63, 3.8) is 0 Å². The Hall–Kier alpha value is -2.22. The third-order valence-corrected chi connectivity index (χ3v) is 5.12. The quantitative estimate of drug-likeness (QED) is 0.170. The number of rotatable bonds is 9. The summed E-state index contributed by atoms with van der Waals surface area (Å²) in [7, 11) is 3.52. The van der Waals surface area contributed by atoms with E-state index in [1.807, 2.05) is 19.2 Å². The van der Waals surface area contributed by atoms with Crippen LogP contribution in [0.4, 0.5) is 5.69 Å². The molecule has 1 aliphatic rings. The van der Waals surface area contributed by atoms with Gasteiger partial charge in [-0.3, -0.25) is 4.99 Å². The molecule has 0 amide bonds. The highest BCUT2D eigenvalue weighted by Crippen LogP contribution is 2.18. The molecule has 0 radical (unpaired) electrons. The molecule has 1 heterocycles. The predicted octanol–water partition coefficient (Wildman–Crippen LogP) is 4.38. The summed E-state index contributed by atoms with van der Waals surface area (Å²) in [5.74, 6) is 1.76. The number of aryl methyl sites for hydroxylation is 1. The van der Waals surface area contributed by atoms with Crippen LogP contribution in [0.15, 0.2) is 65.7 Å². The van der Waals surface area contributed by atoms with E-state index in [0.29, 0.717) is 0 Å². The Morgan fingerprint density at radius 2 is 1.77 bits per heavy atom. The molecule has 2 N–H and O–H groups in total. The van der Waals surface area contributed by atoms with Crippen molar-refractivity contribution in [1.82, 2.24) is 10.6 Å². The first-order valence-electron chi connectivity index (χ1n) is 10.3. The van der Waals surface area contributed by atoms with Crippen LogP contribution in [-0.2, 0) is 13.0 Å². The highest BCUT2D eigenvalue weighted by Gasteiger charge is 2.08. The number of unbranched alkanes of at least 4 members (excludes halogenated alkanes) is 1. The van der Waals surface area contributed by atoms with Crippen LogP contribution in [-0.4, -0.2) is 39.8 Å². The molecule has 2 aromatic rings. The monoisotopic (exact) mass is 520 g/mol. The van der Waals surface area contributed by atoms with E-state index < -0.39 is 0 Å². The summed E-state index contributed by atoms with van der Waals surface area (Å²) in [5.41, 5.74) is 3.88. The standard InChI is InChI=1S/C24H32N4O.HI/c1-25-24(26-15-4-3-8-20-11-13-23(29-2)14-12-20)27-19-21-9-7-10-22(18-21)28-16-5-6-17-28;/h5-7,9-14,18H,3-4,8,15-17,19H2,1-2H3,(H2,25,26,27);1H. The summed E-state index contributed by atoms with van der Waals surface area (Å²) in [5, 5.41) is 6.83. The fraction of sp³-hybridized carbons (Fsp3) is 0.375. The van der Waals surface area contributed by atoms with Gasteiger partial charge in [-0.25, -0.2) is 0 Å².